The fourth-order valence-corrected chi connectivity index (χ4v) is 18.0. The Balaban J connectivity index is 0.000000382. The molecule has 6 N–H and O–H groups in total. The zero-order valence-corrected chi connectivity index (χ0v) is 66.0. The minimum Gasteiger partial charge on any atom is -0.465 e. The topological polar surface area (TPSA) is 325 Å². The lowest BCUT2D eigenvalue weighted by atomic mass is 9.96. The Morgan fingerprint density at radius 2 is 1.38 bits per heavy atom. The smallest absolute Gasteiger partial charge is 0.465 e. The fraction of sp³-hybridized carbons (Fsp3) is 0.324. The molecule has 0 radical (unpaired) electrons. The molecule has 6 aromatic carbocycles. The van der Waals surface area contributed by atoms with Gasteiger partial charge in [0.05, 0.1) is 56.6 Å². The van der Waals surface area contributed by atoms with E-state index in [9.17, 15) is 78.9 Å². The molecule has 2 fully saturated rings. The van der Waals surface area contributed by atoms with Crippen LogP contribution < -0.4 is 25.6 Å². The number of aromatic nitrogens is 6. The van der Waals surface area contributed by atoms with Crippen molar-refractivity contribution < 1.29 is 97.8 Å². The quantitative estimate of drug-likeness (QED) is 0.00797. The number of hydrogen-bond donors (Lipinski definition) is 5. The predicted molar refractivity (Wildman–Crippen MR) is 412 cm³/mol. The molecule has 40 heteroatoms. The summed E-state index contributed by atoms with van der Waals surface area (Å²) in [4.78, 5) is 58.7. The van der Waals surface area contributed by atoms with Crippen LogP contribution >= 0.6 is 31.0 Å². The maximum atomic E-state index is 15.8. The highest BCUT2D eigenvalue weighted by Crippen LogP contribution is 2.46. The van der Waals surface area contributed by atoms with Gasteiger partial charge in [-0.3, -0.25) is 18.9 Å². The van der Waals surface area contributed by atoms with E-state index in [-0.39, 0.29) is 52.6 Å². The van der Waals surface area contributed by atoms with Crippen molar-refractivity contribution in [2.45, 2.75) is 96.0 Å². The van der Waals surface area contributed by atoms with E-state index in [1.54, 1.807) is 49.4 Å². The van der Waals surface area contributed by atoms with Gasteiger partial charge < -0.3 is 44.8 Å². The van der Waals surface area contributed by atoms with Gasteiger partial charge in [-0.05, 0) is 174 Å². The molecule has 1 amide bonds. The average molecular weight is 1710 g/mol. The summed E-state index contributed by atoms with van der Waals surface area (Å²) in [6.45, 7) is 8.56. The van der Waals surface area contributed by atoms with Crippen molar-refractivity contribution in [1.29, 1.82) is 0 Å². The van der Waals surface area contributed by atoms with Crippen molar-refractivity contribution in [3.05, 3.63) is 192 Å². The Kier molecular flexibility index (Phi) is 27.3. The number of piperidine rings is 1. The molecule has 5 heterocycles. The van der Waals surface area contributed by atoms with Gasteiger partial charge >= 0.3 is 31.4 Å². The first-order valence-corrected chi connectivity index (χ1v) is 42.9. The van der Waals surface area contributed by atoms with E-state index in [1.807, 2.05) is 58.5 Å². The Bertz CT molecular complexity index is 5350. The number of sulfonamides is 1. The maximum absolute atomic E-state index is 15.8. The number of carbonyl (C=O) groups is 2. The highest BCUT2D eigenvalue weighted by atomic mass is 35.5. The molecule has 1 atom stereocenters. The van der Waals surface area contributed by atoms with E-state index < -0.39 is 129 Å². The van der Waals surface area contributed by atoms with Gasteiger partial charge in [-0.1, -0.05) is 41.9 Å². The first kappa shape index (κ1) is 87.0. The Hall–Kier alpha value is -9.40. The summed E-state index contributed by atoms with van der Waals surface area (Å²) in [5.74, 6) is -2.50. The predicted octanol–water partition coefficient (Wildman–Crippen LogP) is 14.4. The lowest BCUT2D eigenvalue weighted by molar-refractivity contribution is -0.150. The summed E-state index contributed by atoms with van der Waals surface area (Å²) in [6.07, 6.45) is -2.25. The van der Waals surface area contributed by atoms with Crippen LogP contribution in [0.15, 0.2) is 178 Å². The SMILES string of the molecule is Cc1c(S(C)(=O)=O)c(-c2cc(F)cc(N3CCN(c4ccc(NS(=O)(=O)c5ccc(NC(CCN6CCC(C(=O)OCCCP(=O)(O)O)CC6)CSc6ccccc6)c(S(=O)(=O)C(F)(F)F)c5)cc4)CC3)c2)c(-c2ccc(Cl)cc2)n1C(C)C.NC(=O)C(=Cn1cnc(-c2cc(C(F)(F)F)cc(C(F)(F)F)c2)n1)c1cncnc1. The number of ether oxygens (including phenoxy) is 1. The Morgan fingerprint density at radius 3 is 1.95 bits per heavy atom. The Labute approximate surface area is 658 Å². The number of nitrogens with two attached hydrogens (primary N) is 1. The standard InChI is InChI=1S/C57H66ClF4N6O11PS4.C17H10F6N6O/c1-38(2)68-39(3)55(82(4,73)74)53(54(68)40-11-13-43(58)14-12-40)42-33-44(59)35-48(34-42)67-29-27-66(28-30-67)47-17-15-45(16-18-47)64-84(77,78)50-19-20-51(52(36-50)83(75,76)57(60,61)62)63-46(37-81-49-9-6-5-7-10-49)23-26-65-24-21-41(22-25-65)56(69)79-31-8-32-80(70,71)72;18-16(19,20)11-1-9(2-12(3-11)17(21,22)23)15-27-8-29(28-15)6-13(14(24)30)10-4-25-7-26-5-10/h5-7,9-20,33-36,38,41,46,63-64H,8,21-32,37H2,1-4H3,(H2,70,71,72);1-8H,(H2,24,30). The maximum Gasteiger partial charge on any atom is 0.501 e. The van der Waals surface area contributed by atoms with Crippen molar-refractivity contribution in [3.63, 3.8) is 0 Å². The van der Waals surface area contributed by atoms with Gasteiger partial charge in [0.25, 0.3) is 25.8 Å². The van der Waals surface area contributed by atoms with Crippen molar-refractivity contribution in [2.24, 2.45) is 11.7 Å². The van der Waals surface area contributed by atoms with Gasteiger partial charge in [0.2, 0.25) is 0 Å². The summed E-state index contributed by atoms with van der Waals surface area (Å²) in [7, 11) is -18.9. The summed E-state index contributed by atoms with van der Waals surface area (Å²) >= 11 is 7.63. The van der Waals surface area contributed by atoms with Crippen molar-refractivity contribution in [1.82, 2.24) is 34.2 Å². The summed E-state index contributed by atoms with van der Waals surface area (Å²) in [6, 6.07) is 29.6. The molecule has 3 aromatic heterocycles. The van der Waals surface area contributed by atoms with Crippen LogP contribution in [0.3, 0.4) is 0 Å². The van der Waals surface area contributed by atoms with Gasteiger partial charge in [-0.15, -0.1) is 16.9 Å². The molecule has 2 aliphatic rings. The molecular weight excluding hydrogens is 1630 g/mol. The molecule has 9 aromatic rings. The number of piperazine rings is 1. The minimum absolute atomic E-state index is 0.000986. The van der Waals surface area contributed by atoms with Gasteiger partial charge in [0.1, 0.15) is 23.4 Å². The first-order chi connectivity index (χ1) is 53.4. The van der Waals surface area contributed by atoms with E-state index in [1.165, 1.54) is 54.7 Å². The number of primary amides is 1. The number of nitrogens with zero attached hydrogens (tertiary/aromatic N) is 9. The number of hydrogen-bond acceptors (Lipinski definition) is 19. The molecule has 0 spiro atoms. The van der Waals surface area contributed by atoms with Crippen LogP contribution in [0.4, 0.5) is 66.7 Å². The van der Waals surface area contributed by atoms with Crippen molar-refractivity contribution in [2.75, 3.05) is 90.4 Å². The molecule has 0 saturated carbocycles. The average Bonchev–Trinajstić information content (AvgIpc) is 1.27. The summed E-state index contributed by atoms with van der Waals surface area (Å²) < 4.78 is 240. The fourth-order valence-electron chi connectivity index (χ4n) is 13.0. The second kappa shape index (κ2) is 35.8. The largest absolute Gasteiger partial charge is 0.501 e. The lowest BCUT2D eigenvalue weighted by Crippen LogP contribution is -2.46. The van der Waals surface area contributed by atoms with Gasteiger partial charge in [-0.25, -0.2) is 49.3 Å². The second-order valence-electron chi connectivity index (χ2n) is 27.0. The van der Waals surface area contributed by atoms with Crippen LogP contribution in [0, 0.1) is 18.7 Å². The highest BCUT2D eigenvalue weighted by Gasteiger charge is 2.49. The molecule has 24 nitrogen and oxygen atoms in total. The zero-order valence-electron chi connectivity index (χ0n) is 61.0. The van der Waals surface area contributed by atoms with Crippen LogP contribution in [0.25, 0.3) is 45.5 Å². The van der Waals surface area contributed by atoms with Crippen LogP contribution in [0.5, 0.6) is 0 Å². The molecule has 610 valence electrons. The monoisotopic (exact) mass is 1710 g/mol. The number of sulfone groups is 2. The number of halogens is 11. The normalized spacial score (nSPS) is 14.8. The summed E-state index contributed by atoms with van der Waals surface area (Å²) in [5.41, 5.74) is -0.491. The molecule has 2 saturated heterocycles. The highest BCUT2D eigenvalue weighted by molar-refractivity contribution is 7.99. The molecule has 0 bridgehead atoms. The third kappa shape index (κ3) is 22.2. The molecule has 1 unspecified atom stereocenters. The number of alkyl halides is 9. The van der Waals surface area contributed by atoms with Gasteiger partial charge in [-0.2, -0.15) is 39.5 Å². The second-order valence-corrected chi connectivity index (χ2v) is 35.8. The first-order valence-electron chi connectivity index (χ1n) is 34.9. The number of esters is 1. The number of likely N-dealkylation sites (tertiary alicyclic amines) is 1. The number of rotatable bonds is 27. The van der Waals surface area contributed by atoms with Crippen molar-refractivity contribution in [3.8, 4) is 33.8 Å². The van der Waals surface area contributed by atoms with Crippen LogP contribution in [0.1, 0.15) is 68.0 Å². The lowest BCUT2D eigenvalue weighted by Gasteiger charge is -2.37. The molecule has 11 rings (SSSR count). The van der Waals surface area contributed by atoms with Crippen LogP contribution in [-0.2, 0) is 60.9 Å². The van der Waals surface area contributed by atoms with Crippen molar-refractivity contribution >= 4 is 107 Å². The van der Waals surface area contributed by atoms with E-state index in [2.05, 4.69) is 35.0 Å². The number of carbonyl (C=O) groups excluding carboxylic acids is 2. The third-order valence-corrected chi connectivity index (χ3v) is 24.9. The van der Waals surface area contributed by atoms with Gasteiger partial charge in [0, 0.05) is 125 Å². The number of nitrogens with one attached hydrogen (secondary N) is 2. The van der Waals surface area contributed by atoms with E-state index >= 15 is 4.39 Å². The number of benzene rings is 6. The molecule has 2 aliphatic heterocycles. The van der Waals surface area contributed by atoms with Crippen LogP contribution in [-0.4, -0.2) is 163 Å². The van der Waals surface area contributed by atoms with E-state index in [0.29, 0.717) is 128 Å². The Morgan fingerprint density at radius 1 is 0.763 bits per heavy atom. The van der Waals surface area contributed by atoms with Gasteiger partial charge in [0.15, 0.2) is 15.7 Å². The number of anilines is 4. The number of thioether (sulfide) groups is 1. The zero-order chi connectivity index (χ0) is 83.0. The third-order valence-electron chi connectivity index (χ3n) is 18.4. The van der Waals surface area contributed by atoms with E-state index in [0.717, 1.165) is 40.5 Å². The minimum atomic E-state index is -6.13. The molecular formula is C74H76ClF10N12O12PS4. The molecule has 114 heavy (non-hydrogen) atoms. The summed E-state index contributed by atoms with van der Waals surface area (Å²) in [5, 5.41) is 7.31. The molecule has 0 aliphatic carbocycles. The van der Waals surface area contributed by atoms with E-state index in [4.69, 9.17) is 31.9 Å². The van der Waals surface area contributed by atoms with Crippen LogP contribution in [0.2, 0.25) is 5.02 Å². The number of amides is 1.